The van der Waals surface area contributed by atoms with E-state index in [0.717, 1.165) is 46.1 Å². The van der Waals surface area contributed by atoms with Crippen LogP contribution in [0.4, 0.5) is 4.39 Å². The van der Waals surface area contributed by atoms with Gasteiger partial charge >= 0.3 is 0 Å². The quantitative estimate of drug-likeness (QED) is 0.482. The molecule has 2 heterocycles. The first-order valence-corrected chi connectivity index (χ1v) is 6.28. The smallest absolute Gasteiger partial charge is 0.235 e. The van der Waals surface area contributed by atoms with Crippen molar-refractivity contribution in [2.45, 2.75) is 20.3 Å². The number of fused-ring (bicyclic) bond motifs is 5. The number of imidazole rings is 1. The van der Waals surface area contributed by atoms with Gasteiger partial charge in [0.2, 0.25) is 5.78 Å². The fourth-order valence-electron chi connectivity index (χ4n) is 2.94. The molecule has 1 aliphatic carbocycles. The Morgan fingerprint density at radius 1 is 1.16 bits per heavy atom. The molecule has 4 rings (SSSR count). The zero-order valence-corrected chi connectivity index (χ0v) is 10.7. The van der Waals surface area contributed by atoms with Crippen molar-refractivity contribution in [1.29, 1.82) is 0 Å². The van der Waals surface area contributed by atoms with Crippen molar-refractivity contribution in [2.24, 2.45) is 0 Å². The first-order chi connectivity index (χ1) is 9.13. The van der Waals surface area contributed by atoms with Crippen LogP contribution < -0.4 is 0 Å². The van der Waals surface area contributed by atoms with E-state index in [1.807, 2.05) is 26.0 Å². The number of halogens is 1. The van der Waals surface area contributed by atoms with Crippen molar-refractivity contribution in [3.05, 3.63) is 52.7 Å². The first-order valence-electron chi connectivity index (χ1n) is 6.28. The van der Waals surface area contributed by atoms with Gasteiger partial charge in [0.25, 0.3) is 0 Å². The molecule has 0 radical (unpaired) electrons. The zero-order valence-electron chi connectivity index (χ0n) is 10.7. The van der Waals surface area contributed by atoms with Gasteiger partial charge in [-0.05, 0) is 43.7 Å². The first kappa shape index (κ1) is 10.7. The largest absolute Gasteiger partial charge is 0.284 e. The van der Waals surface area contributed by atoms with E-state index in [1.165, 1.54) is 6.07 Å². The molecule has 0 unspecified atom stereocenters. The Kier molecular flexibility index (Phi) is 1.91. The molecule has 19 heavy (non-hydrogen) atoms. The highest BCUT2D eigenvalue weighted by molar-refractivity contribution is 5.75. The van der Waals surface area contributed by atoms with Gasteiger partial charge in [0.05, 0.1) is 11.4 Å². The van der Waals surface area contributed by atoms with Crippen molar-refractivity contribution in [3.63, 3.8) is 0 Å². The number of benzene rings is 1. The summed E-state index contributed by atoms with van der Waals surface area (Å²) in [4.78, 5) is 9.08. The fraction of sp³-hybridized carbons (Fsp3) is 0.200. The standard InChI is InChI=1S/C15H12FN3/c1-8-5-9(2)19-13-7-10-6-11(16)3-4-12(10)14(13)18-15(19)17-8/h3-6H,7H2,1-2H3. The number of aromatic nitrogens is 3. The second kappa shape index (κ2) is 3.41. The minimum Gasteiger partial charge on any atom is -0.284 e. The van der Waals surface area contributed by atoms with Crippen molar-refractivity contribution in [1.82, 2.24) is 14.4 Å². The molecule has 0 bridgehead atoms. The molecule has 0 saturated heterocycles. The molecule has 0 fully saturated rings. The number of aryl methyl sites for hydroxylation is 2. The molecule has 1 aliphatic rings. The number of nitrogens with zero attached hydrogens (tertiary/aromatic N) is 3. The second-order valence-corrected chi connectivity index (χ2v) is 5.06. The molecule has 0 saturated carbocycles. The highest BCUT2D eigenvalue weighted by atomic mass is 19.1. The molecule has 0 aliphatic heterocycles. The number of rotatable bonds is 0. The fourth-order valence-corrected chi connectivity index (χ4v) is 2.94. The molecule has 3 aromatic rings. The summed E-state index contributed by atoms with van der Waals surface area (Å²) in [5, 5.41) is 0. The summed E-state index contributed by atoms with van der Waals surface area (Å²) in [5.41, 5.74) is 6.17. The predicted octanol–water partition coefficient (Wildman–Crippen LogP) is 3.06. The van der Waals surface area contributed by atoms with E-state index in [1.54, 1.807) is 6.07 Å². The summed E-state index contributed by atoms with van der Waals surface area (Å²) in [6, 6.07) is 6.94. The van der Waals surface area contributed by atoms with E-state index in [2.05, 4.69) is 14.4 Å². The van der Waals surface area contributed by atoms with Crippen molar-refractivity contribution in [3.8, 4) is 11.3 Å². The van der Waals surface area contributed by atoms with E-state index in [-0.39, 0.29) is 5.82 Å². The molecule has 0 spiro atoms. The predicted molar refractivity (Wildman–Crippen MR) is 70.7 cm³/mol. The third-order valence-electron chi connectivity index (χ3n) is 3.68. The van der Waals surface area contributed by atoms with E-state index >= 15 is 0 Å². The number of hydrogen-bond donors (Lipinski definition) is 0. The molecular formula is C15H12FN3. The van der Waals surface area contributed by atoms with Crippen LogP contribution in [-0.2, 0) is 6.42 Å². The molecule has 0 amide bonds. The lowest BCUT2D eigenvalue weighted by molar-refractivity contribution is 0.626. The summed E-state index contributed by atoms with van der Waals surface area (Å²) >= 11 is 0. The van der Waals surface area contributed by atoms with Gasteiger partial charge in [0.1, 0.15) is 5.82 Å². The van der Waals surface area contributed by atoms with Crippen LogP contribution in [-0.4, -0.2) is 14.4 Å². The third kappa shape index (κ3) is 1.37. The van der Waals surface area contributed by atoms with Crippen LogP contribution in [0.1, 0.15) is 22.6 Å². The minimum atomic E-state index is -0.191. The lowest BCUT2D eigenvalue weighted by Gasteiger charge is -2.04. The van der Waals surface area contributed by atoms with Crippen molar-refractivity contribution < 1.29 is 4.39 Å². The molecule has 1 aromatic carbocycles. The molecule has 2 aromatic heterocycles. The average Bonchev–Trinajstić information content (AvgIpc) is 2.82. The monoisotopic (exact) mass is 253 g/mol. The Hall–Kier alpha value is -2.23. The van der Waals surface area contributed by atoms with Gasteiger partial charge in [-0.1, -0.05) is 0 Å². The number of hydrogen-bond acceptors (Lipinski definition) is 2. The normalized spacial score (nSPS) is 12.8. The van der Waals surface area contributed by atoms with Crippen LogP contribution >= 0.6 is 0 Å². The highest BCUT2D eigenvalue weighted by Gasteiger charge is 2.25. The maximum atomic E-state index is 13.3. The Bertz CT molecular complexity index is 833. The van der Waals surface area contributed by atoms with Crippen LogP contribution in [0, 0.1) is 19.7 Å². The van der Waals surface area contributed by atoms with Gasteiger partial charge in [-0.25, -0.2) is 14.4 Å². The van der Waals surface area contributed by atoms with Gasteiger partial charge in [0, 0.05) is 23.4 Å². The van der Waals surface area contributed by atoms with E-state index in [4.69, 9.17) is 0 Å². The Morgan fingerprint density at radius 3 is 2.84 bits per heavy atom. The third-order valence-corrected chi connectivity index (χ3v) is 3.68. The van der Waals surface area contributed by atoms with E-state index in [0.29, 0.717) is 0 Å². The minimum absolute atomic E-state index is 0.191. The highest BCUT2D eigenvalue weighted by Crippen LogP contribution is 2.36. The van der Waals surface area contributed by atoms with Crippen LogP contribution in [0.3, 0.4) is 0 Å². The zero-order chi connectivity index (χ0) is 13.1. The maximum Gasteiger partial charge on any atom is 0.235 e. The Labute approximate surface area is 109 Å². The maximum absolute atomic E-state index is 13.3. The van der Waals surface area contributed by atoms with E-state index < -0.39 is 0 Å². The molecule has 0 N–H and O–H groups in total. The van der Waals surface area contributed by atoms with Crippen LogP contribution in [0.25, 0.3) is 17.0 Å². The van der Waals surface area contributed by atoms with Gasteiger partial charge in [0.15, 0.2) is 0 Å². The molecular weight excluding hydrogens is 241 g/mol. The molecule has 94 valence electrons. The summed E-state index contributed by atoms with van der Waals surface area (Å²) in [5.74, 6) is 0.543. The van der Waals surface area contributed by atoms with Gasteiger partial charge in [-0.2, -0.15) is 0 Å². The SMILES string of the molecule is Cc1cc(C)n2c3c(nc2n1)-c1ccc(F)cc1C3. The van der Waals surface area contributed by atoms with Gasteiger partial charge < -0.3 is 0 Å². The van der Waals surface area contributed by atoms with Crippen molar-refractivity contribution >= 4 is 5.78 Å². The molecule has 4 heteroatoms. The summed E-state index contributed by atoms with van der Waals surface area (Å²) < 4.78 is 15.4. The summed E-state index contributed by atoms with van der Waals surface area (Å²) in [7, 11) is 0. The summed E-state index contributed by atoms with van der Waals surface area (Å²) in [6.45, 7) is 4.02. The summed E-state index contributed by atoms with van der Waals surface area (Å²) in [6.07, 6.45) is 0.717. The van der Waals surface area contributed by atoms with Crippen LogP contribution in [0.15, 0.2) is 24.3 Å². The van der Waals surface area contributed by atoms with Crippen molar-refractivity contribution in [2.75, 3.05) is 0 Å². The van der Waals surface area contributed by atoms with E-state index in [9.17, 15) is 4.39 Å². The topological polar surface area (TPSA) is 30.2 Å². The van der Waals surface area contributed by atoms with Crippen LogP contribution in [0.5, 0.6) is 0 Å². The molecule has 3 nitrogen and oxygen atoms in total. The Morgan fingerprint density at radius 2 is 2.00 bits per heavy atom. The lowest BCUT2D eigenvalue weighted by atomic mass is 10.1. The lowest BCUT2D eigenvalue weighted by Crippen LogP contribution is -2.00. The van der Waals surface area contributed by atoms with Gasteiger partial charge in [-0.3, -0.25) is 4.40 Å². The Balaban J connectivity index is 2.07. The second-order valence-electron chi connectivity index (χ2n) is 5.06. The van der Waals surface area contributed by atoms with Crippen LogP contribution in [0.2, 0.25) is 0 Å². The average molecular weight is 253 g/mol. The molecule has 0 atom stereocenters. The van der Waals surface area contributed by atoms with Gasteiger partial charge in [-0.15, -0.1) is 0 Å².